The van der Waals surface area contributed by atoms with Gasteiger partial charge in [-0.2, -0.15) is 0 Å². The van der Waals surface area contributed by atoms with Crippen molar-refractivity contribution in [1.82, 2.24) is 10.2 Å². The largest absolute Gasteiger partial charge is 0.497 e. The van der Waals surface area contributed by atoms with E-state index in [1.165, 1.54) is 4.90 Å². The first-order chi connectivity index (χ1) is 24.5. The average Bonchev–Trinajstić information content (AvgIpc) is 3.78. The van der Waals surface area contributed by atoms with Gasteiger partial charge >= 0.3 is 5.97 Å². The summed E-state index contributed by atoms with van der Waals surface area (Å²) in [5, 5.41) is 13.6. The molecule has 1 spiro atoms. The summed E-state index contributed by atoms with van der Waals surface area (Å²) in [6.07, 6.45) is 3.80. The zero-order chi connectivity index (χ0) is 36.9. The van der Waals surface area contributed by atoms with E-state index in [0.29, 0.717) is 42.7 Å². The molecule has 0 saturated carbocycles. The minimum atomic E-state index is -1.31. The van der Waals surface area contributed by atoms with Gasteiger partial charge in [-0.25, -0.2) is 0 Å². The summed E-state index contributed by atoms with van der Waals surface area (Å²) < 4.78 is 18.3. The highest BCUT2D eigenvalue weighted by Crippen LogP contribution is 2.59. The number of fused-ring (bicyclic) bond motifs is 1. The minimum Gasteiger partial charge on any atom is -0.497 e. The van der Waals surface area contributed by atoms with Crippen molar-refractivity contribution in [3.63, 3.8) is 0 Å². The average molecular weight is 702 g/mol. The Hall–Kier alpha value is -4.48. The van der Waals surface area contributed by atoms with Gasteiger partial charge < -0.3 is 34.4 Å². The van der Waals surface area contributed by atoms with Crippen LogP contribution in [0.4, 0.5) is 5.69 Å². The molecule has 0 aliphatic carbocycles. The fourth-order valence-corrected chi connectivity index (χ4v) is 8.15. The number of benzene rings is 2. The molecule has 2 N–H and O–H groups in total. The summed E-state index contributed by atoms with van der Waals surface area (Å²) in [5.74, 6) is -2.90. The van der Waals surface area contributed by atoms with Crippen molar-refractivity contribution in [3.8, 4) is 5.75 Å². The third-order valence-corrected chi connectivity index (χ3v) is 10.3. The number of amides is 3. The normalized spacial score (nSPS) is 25.1. The summed E-state index contributed by atoms with van der Waals surface area (Å²) in [6.45, 7) is 13.1. The molecule has 0 unspecified atom stereocenters. The van der Waals surface area contributed by atoms with Crippen LogP contribution in [0.1, 0.15) is 64.5 Å². The first-order valence-electron chi connectivity index (χ1n) is 17.8. The molecule has 3 aliphatic rings. The van der Waals surface area contributed by atoms with Crippen LogP contribution in [0, 0.1) is 17.8 Å². The van der Waals surface area contributed by atoms with E-state index in [2.05, 4.69) is 18.5 Å². The third kappa shape index (κ3) is 7.46. The molecule has 3 fully saturated rings. The van der Waals surface area contributed by atoms with E-state index < -0.39 is 59.6 Å². The molecule has 11 nitrogen and oxygen atoms in total. The number of esters is 1. The second-order valence-electron chi connectivity index (χ2n) is 14.2. The quantitative estimate of drug-likeness (QED) is 0.178. The number of nitrogens with one attached hydrogen (secondary N) is 1. The molecule has 274 valence electrons. The second-order valence-corrected chi connectivity index (χ2v) is 14.2. The molecule has 2 aromatic rings. The van der Waals surface area contributed by atoms with Crippen molar-refractivity contribution in [1.29, 1.82) is 0 Å². The van der Waals surface area contributed by atoms with Gasteiger partial charge in [0, 0.05) is 18.7 Å². The van der Waals surface area contributed by atoms with Gasteiger partial charge in [0.2, 0.25) is 11.8 Å². The molecule has 51 heavy (non-hydrogen) atoms. The molecule has 2 aromatic carbocycles. The maximum Gasteiger partial charge on any atom is 0.313 e. The highest BCUT2D eigenvalue weighted by atomic mass is 16.6. The number of hydrogen-bond donors (Lipinski definition) is 2. The Morgan fingerprint density at radius 2 is 1.80 bits per heavy atom. The van der Waals surface area contributed by atoms with Crippen LogP contribution >= 0.6 is 0 Å². The van der Waals surface area contributed by atoms with Crippen LogP contribution in [0.5, 0.6) is 5.75 Å². The van der Waals surface area contributed by atoms with E-state index in [-0.39, 0.29) is 37.3 Å². The van der Waals surface area contributed by atoms with Crippen LogP contribution in [-0.2, 0) is 28.7 Å². The number of methoxy groups -OCH3 is 1. The number of aliphatic hydroxyl groups is 1. The van der Waals surface area contributed by atoms with Gasteiger partial charge in [0.15, 0.2) is 0 Å². The van der Waals surface area contributed by atoms with Crippen LogP contribution in [0.25, 0.3) is 0 Å². The number of rotatable bonds is 17. The van der Waals surface area contributed by atoms with Crippen molar-refractivity contribution in [2.24, 2.45) is 17.8 Å². The fourth-order valence-electron chi connectivity index (χ4n) is 8.15. The molecule has 3 heterocycles. The summed E-state index contributed by atoms with van der Waals surface area (Å²) in [5.41, 5.74) is -0.0490. The third-order valence-electron chi connectivity index (χ3n) is 10.3. The second kappa shape index (κ2) is 16.2. The lowest BCUT2D eigenvalue weighted by atomic mass is 9.70. The van der Waals surface area contributed by atoms with Crippen LogP contribution in [0.2, 0.25) is 0 Å². The van der Waals surface area contributed by atoms with Gasteiger partial charge in [-0.05, 0) is 68.4 Å². The molecule has 2 bridgehead atoms. The molecule has 11 heteroatoms. The van der Waals surface area contributed by atoms with Crippen molar-refractivity contribution in [3.05, 3.63) is 85.5 Å². The molecule has 3 saturated heterocycles. The Morgan fingerprint density at radius 1 is 1.10 bits per heavy atom. The zero-order valence-corrected chi connectivity index (χ0v) is 30.0. The number of carbonyl (C=O) groups is 4. The SMILES string of the molecule is C=CCCC(=O)N[C@@H](C)[C@H](OC(=O)[C@@H]1[C@H]2C(=O)N([C@@H](CO)CC(C)C)[C@H](C(=O)N(CC=C)c3ccc(OC)cc3)[C@]23CC[C@H]1O3)c1ccccc1. The van der Waals surface area contributed by atoms with Crippen molar-refractivity contribution < 1.29 is 38.5 Å². The van der Waals surface area contributed by atoms with Crippen molar-refractivity contribution >= 4 is 29.4 Å². The van der Waals surface area contributed by atoms with Crippen LogP contribution in [0.3, 0.4) is 0 Å². The number of allylic oxidation sites excluding steroid dienone is 1. The van der Waals surface area contributed by atoms with E-state index >= 15 is 0 Å². The Labute approximate surface area is 300 Å². The minimum absolute atomic E-state index is 0.0994. The summed E-state index contributed by atoms with van der Waals surface area (Å²) in [7, 11) is 1.56. The Morgan fingerprint density at radius 3 is 2.41 bits per heavy atom. The number of aliphatic hydroxyl groups excluding tert-OH is 1. The summed E-state index contributed by atoms with van der Waals surface area (Å²) in [4.78, 5) is 59.8. The smallest absolute Gasteiger partial charge is 0.313 e. The van der Waals surface area contributed by atoms with E-state index in [1.54, 1.807) is 55.4 Å². The van der Waals surface area contributed by atoms with Gasteiger partial charge in [0.25, 0.3) is 5.91 Å². The number of anilines is 1. The van der Waals surface area contributed by atoms with Gasteiger partial charge in [0.1, 0.15) is 23.5 Å². The lowest BCUT2D eigenvalue weighted by Crippen LogP contribution is -2.59. The highest BCUT2D eigenvalue weighted by Gasteiger charge is 2.75. The summed E-state index contributed by atoms with van der Waals surface area (Å²) >= 11 is 0. The lowest BCUT2D eigenvalue weighted by Gasteiger charge is -2.39. The molecule has 3 aliphatic heterocycles. The van der Waals surface area contributed by atoms with Gasteiger partial charge in [-0.15, -0.1) is 13.2 Å². The van der Waals surface area contributed by atoms with E-state index in [1.807, 2.05) is 44.2 Å². The van der Waals surface area contributed by atoms with Gasteiger partial charge in [-0.3, -0.25) is 19.2 Å². The van der Waals surface area contributed by atoms with Crippen molar-refractivity contribution in [2.45, 2.75) is 88.8 Å². The van der Waals surface area contributed by atoms with E-state index in [4.69, 9.17) is 14.2 Å². The first kappa shape index (κ1) is 37.8. The Kier molecular flexibility index (Phi) is 12.0. The molecule has 0 aromatic heterocycles. The van der Waals surface area contributed by atoms with E-state index in [0.717, 1.165) is 0 Å². The van der Waals surface area contributed by atoms with Crippen molar-refractivity contribution in [2.75, 3.05) is 25.2 Å². The van der Waals surface area contributed by atoms with Gasteiger partial charge in [-0.1, -0.05) is 56.3 Å². The zero-order valence-electron chi connectivity index (χ0n) is 30.0. The molecular formula is C40H51N3O8. The fraction of sp³-hybridized carbons (Fsp3) is 0.500. The van der Waals surface area contributed by atoms with Crippen LogP contribution in [0.15, 0.2) is 79.9 Å². The van der Waals surface area contributed by atoms with Gasteiger partial charge in [0.05, 0.1) is 43.7 Å². The monoisotopic (exact) mass is 701 g/mol. The maximum absolute atomic E-state index is 14.9. The molecule has 0 radical (unpaired) electrons. The molecular weight excluding hydrogens is 650 g/mol. The number of hydrogen-bond acceptors (Lipinski definition) is 8. The highest BCUT2D eigenvalue weighted by molar-refractivity contribution is 6.05. The van der Waals surface area contributed by atoms with Crippen LogP contribution < -0.4 is 15.0 Å². The predicted octanol–water partition coefficient (Wildman–Crippen LogP) is 4.75. The van der Waals surface area contributed by atoms with E-state index in [9.17, 15) is 24.3 Å². The Bertz CT molecular complexity index is 1580. The molecule has 5 rings (SSSR count). The number of likely N-dealkylation sites (tertiary alicyclic amines) is 1. The summed E-state index contributed by atoms with van der Waals surface area (Å²) in [6, 6.07) is 13.8. The molecule has 3 amide bonds. The van der Waals surface area contributed by atoms with Crippen LogP contribution in [-0.4, -0.2) is 83.8 Å². The standard InChI is InChI=1S/C40H51N3O8/c1-7-9-15-32(45)41-26(5)35(27-13-11-10-12-14-27)50-39(48)33-31-20-21-40(51-31)34(33)37(46)43(29(24-44)23-25(3)4)36(40)38(47)42(22-8-2)28-16-18-30(49-6)19-17-28/h7-8,10-14,16-19,25-26,29,31,33-36,44H,1-2,9,15,20-24H2,3-6H3,(H,41,45)/t26-,29+,31+,33-,34-,35-,36+,40-/m0/s1. The topological polar surface area (TPSA) is 135 Å². The predicted molar refractivity (Wildman–Crippen MR) is 193 cm³/mol. The molecule has 8 atom stereocenters. The number of ether oxygens (including phenoxy) is 3. The number of carbonyl (C=O) groups excluding carboxylic acids is 4. The lowest BCUT2D eigenvalue weighted by molar-refractivity contribution is -0.162. The number of nitrogens with zero attached hydrogens (tertiary/aromatic N) is 2. The first-order valence-corrected chi connectivity index (χ1v) is 17.8. The Balaban J connectivity index is 1.52. The maximum atomic E-state index is 14.9.